The lowest BCUT2D eigenvalue weighted by Crippen LogP contribution is -2.33. The maximum Gasteiger partial charge on any atom is 0.302 e. The Bertz CT molecular complexity index is 780. The summed E-state index contributed by atoms with van der Waals surface area (Å²) in [6, 6.07) is 5.19. The van der Waals surface area contributed by atoms with Crippen LogP contribution >= 0.6 is 0 Å². The largest absolute Gasteiger partial charge is 0.504 e. The minimum Gasteiger partial charge on any atom is -0.504 e. The molecule has 0 fully saturated rings. The SMILES string of the molecule is CC[C@]1(CCCO)C#CC[C@@H](Cc2ccc(O)c(OC)c2)[C@@H](OC(C)=O)C[C@@H](O)CC1. The molecule has 0 heterocycles. The van der Waals surface area contributed by atoms with Crippen LogP contribution in [0, 0.1) is 23.2 Å². The van der Waals surface area contributed by atoms with Crippen molar-refractivity contribution in [2.45, 2.75) is 77.4 Å². The summed E-state index contributed by atoms with van der Waals surface area (Å²) in [5.41, 5.74) is 0.719. The third-order valence-electron chi connectivity index (χ3n) is 6.25. The van der Waals surface area contributed by atoms with Crippen LogP contribution in [-0.4, -0.2) is 47.2 Å². The van der Waals surface area contributed by atoms with Gasteiger partial charge < -0.3 is 24.8 Å². The molecule has 172 valence electrons. The Labute approximate surface area is 185 Å². The van der Waals surface area contributed by atoms with E-state index in [1.807, 2.05) is 6.07 Å². The fraction of sp³-hybridized carbons (Fsp3) is 0.640. The molecule has 0 aliphatic heterocycles. The Morgan fingerprint density at radius 2 is 2.13 bits per heavy atom. The quantitative estimate of drug-likeness (QED) is 0.429. The van der Waals surface area contributed by atoms with E-state index in [0.29, 0.717) is 37.9 Å². The molecule has 0 saturated heterocycles. The predicted molar refractivity (Wildman–Crippen MR) is 119 cm³/mol. The van der Waals surface area contributed by atoms with Crippen LogP contribution in [0.2, 0.25) is 0 Å². The Balaban J connectivity index is 2.35. The van der Waals surface area contributed by atoms with E-state index in [-0.39, 0.29) is 29.7 Å². The summed E-state index contributed by atoms with van der Waals surface area (Å²) in [6.45, 7) is 3.62. The predicted octanol–water partition coefficient (Wildman–Crippen LogP) is 3.60. The number of carbonyl (C=O) groups excluding carboxylic acids is 1. The van der Waals surface area contributed by atoms with Crippen molar-refractivity contribution in [3.05, 3.63) is 23.8 Å². The number of esters is 1. The molecule has 0 spiro atoms. The second kappa shape index (κ2) is 12.0. The minimum atomic E-state index is -0.596. The number of phenols is 1. The van der Waals surface area contributed by atoms with Crippen molar-refractivity contribution in [1.29, 1.82) is 0 Å². The van der Waals surface area contributed by atoms with Gasteiger partial charge in [0.15, 0.2) is 11.5 Å². The van der Waals surface area contributed by atoms with Gasteiger partial charge in [0.25, 0.3) is 0 Å². The smallest absolute Gasteiger partial charge is 0.302 e. The number of phenolic OH excluding ortho intramolecular Hbond substituents is 1. The zero-order chi connectivity index (χ0) is 22.9. The molecule has 1 aromatic rings. The van der Waals surface area contributed by atoms with Crippen molar-refractivity contribution >= 4 is 5.97 Å². The van der Waals surface area contributed by atoms with Crippen molar-refractivity contribution in [3.63, 3.8) is 0 Å². The first-order chi connectivity index (χ1) is 14.8. The number of rotatable bonds is 8. The van der Waals surface area contributed by atoms with E-state index in [4.69, 9.17) is 9.47 Å². The fourth-order valence-electron chi connectivity index (χ4n) is 4.34. The Morgan fingerprint density at radius 3 is 2.77 bits per heavy atom. The molecule has 1 aliphatic carbocycles. The molecule has 0 unspecified atom stereocenters. The van der Waals surface area contributed by atoms with Crippen LogP contribution in [0.4, 0.5) is 0 Å². The second-order valence-corrected chi connectivity index (χ2v) is 8.51. The summed E-state index contributed by atoms with van der Waals surface area (Å²) in [5.74, 6) is 6.78. The van der Waals surface area contributed by atoms with E-state index >= 15 is 0 Å². The minimum absolute atomic E-state index is 0.0700. The number of hydrogen-bond acceptors (Lipinski definition) is 6. The number of benzene rings is 1. The molecule has 0 amide bonds. The first-order valence-electron chi connectivity index (χ1n) is 11.1. The second-order valence-electron chi connectivity index (χ2n) is 8.51. The lowest BCUT2D eigenvalue weighted by Gasteiger charge is -2.32. The average Bonchev–Trinajstić information content (AvgIpc) is 2.74. The van der Waals surface area contributed by atoms with Crippen molar-refractivity contribution < 1.29 is 29.6 Å². The zero-order valence-electron chi connectivity index (χ0n) is 18.9. The topological polar surface area (TPSA) is 96.2 Å². The highest BCUT2D eigenvalue weighted by molar-refractivity contribution is 5.66. The van der Waals surface area contributed by atoms with E-state index in [1.54, 1.807) is 12.1 Å². The third-order valence-corrected chi connectivity index (χ3v) is 6.25. The van der Waals surface area contributed by atoms with E-state index in [2.05, 4.69) is 18.8 Å². The fourth-order valence-corrected chi connectivity index (χ4v) is 4.34. The number of methoxy groups -OCH3 is 1. The van der Waals surface area contributed by atoms with Crippen LogP contribution in [0.15, 0.2) is 18.2 Å². The molecule has 3 N–H and O–H groups in total. The summed E-state index contributed by atoms with van der Waals surface area (Å²) in [4.78, 5) is 11.8. The lowest BCUT2D eigenvalue weighted by atomic mass is 9.75. The van der Waals surface area contributed by atoms with Gasteiger partial charge >= 0.3 is 5.97 Å². The maximum absolute atomic E-state index is 11.8. The first-order valence-corrected chi connectivity index (χ1v) is 11.1. The number of aliphatic hydroxyl groups is 2. The molecular weight excluding hydrogens is 396 g/mol. The Kier molecular flexibility index (Phi) is 9.67. The van der Waals surface area contributed by atoms with Gasteiger partial charge in [-0.05, 0) is 56.2 Å². The molecule has 0 bridgehead atoms. The van der Waals surface area contributed by atoms with Gasteiger partial charge in [-0.25, -0.2) is 0 Å². The highest BCUT2D eigenvalue weighted by Gasteiger charge is 2.31. The van der Waals surface area contributed by atoms with Crippen molar-refractivity contribution in [2.24, 2.45) is 11.3 Å². The van der Waals surface area contributed by atoms with Gasteiger partial charge in [-0.15, -0.1) is 5.92 Å². The van der Waals surface area contributed by atoms with Gasteiger partial charge in [-0.3, -0.25) is 4.79 Å². The highest BCUT2D eigenvalue weighted by atomic mass is 16.5. The van der Waals surface area contributed by atoms with Gasteiger partial charge in [0.2, 0.25) is 0 Å². The molecule has 1 aliphatic rings. The molecule has 2 rings (SSSR count). The average molecular weight is 433 g/mol. The van der Waals surface area contributed by atoms with Crippen LogP contribution in [0.25, 0.3) is 0 Å². The number of aromatic hydroxyl groups is 1. The van der Waals surface area contributed by atoms with Gasteiger partial charge in [0.05, 0.1) is 13.2 Å². The van der Waals surface area contributed by atoms with Crippen molar-refractivity contribution in [2.75, 3.05) is 13.7 Å². The van der Waals surface area contributed by atoms with Gasteiger partial charge in [0, 0.05) is 37.7 Å². The monoisotopic (exact) mass is 432 g/mol. The lowest BCUT2D eigenvalue weighted by molar-refractivity contribution is -0.151. The van der Waals surface area contributed by atoms with Crippen LogP contribution in [0.5, 0.6) is 11.5 Å². The normalized spacial score (nSPS) is 26.4. The molecule has 0 saturated carbocycles. The van der Waals surface area contributed by atoms with Crippen molar-refractivity contribution in [3.8, 4) is 23.3 Å². The summed E-state index contributed by atoms with van der Waals surface area (Å²) in [7, 11) is 1.50. The summed E-state index contributed by atoms with van der Waals surface area (Å²) in [5, 5.41) is 29.9. The van der Waals surface area contributed by atoms with E-state index < -0.39 is 12.2 Å². The molecular formula is C25H36O6. The highest BCUT2D eigenvalue weighted by Crippen LogP contribution is 2.36. The van der Waals surface area contributed by atoms with E-state index in [1.165, 1.54) is 14.0 Å². The van der Waals surface area contributed by atoms with Crippen LogP contribution < -0.4 is 4.74 Å². The molecule has 0 radical (unpaired) electrons. The van der Waals surface area contributed by atoms with E-state index in [0.717, 1.165) is 24.8 Å². The standard InChI is InChI=1S/C25H36O6/c1-4-25(12-6-14-26)11-5-7-20(15-19-8-9-22(29)24(16-19)30-3)23(31-18(2)27)17-21(28)10-13-25/h8-9,16,20-21,23,26,28-29H,4,6-7,10,12-15,17H2,1-3H3/t20-,21-,23-,25+/m0/s1. The molecule has 6 heteroatoms. The maximum atomic E-state index is 11.8. The van der Waals surface area contributed by atoms with E-state index in [9.17, 15) is 20.1 Å². The first kappa shape index (κ1) is 25.0. The number of hydrogen-bond donors (Lipinski definition) is 3. The Hall–Kier alpha value is -2.23. The molecule has 31 heavy (non-hydrogen) atoms. The zero-order valence-corrected chi connectivity index (χ0v) is 18.9. The molecule has 4 atom stereocenters. The molecule has 0 aromatic heterocycles. The third kappa shape index (κ3) is 7.45. The Morgan fingerprint density at radius 1 is 1.35 bits per heavy atom. The van der Waals surface area contributed by atoms with Crippen LogP contribution in [0.3, 0.4) is 0 Å². The number of ether oxygens (including phenoxy) is 2. The molecule has 6 nitrogen and oxygen atoms in total. The summed E-state index contributed by atoms with van der Waals surface area (Å²) < 4.78 is 10.8. The van der Waals surface area contributed by atoms with Gasteiger partial charge in [0.1, 0.15) is 6.10 Å². The summed E-state index contributed by atoms with van der Waals surface area (Å²) >= 11 is 0. The van der Waals surface area contributed by atoms with Crippen LogP contribution in [-0.2, 0) is 16.0 Å². The molecule has 1 aromatic carbocycles. The van der Waals surface area contributed by atoms with Gasteiger partial charge in [-0.2, -0.15) is 0 Å². The van der Waals surface area contributed by atoms with Crippen molar-refractivity contribution in [1.82, 2.24) is 0 Å². The van der Waals surface area contributed by atoms with Crippen LogP contribution in [0.1, 0.15) is 64.4 Å². The summed E-state index contributed by atoms with van der Waals surface area (Å²) in [6.07, 6.45) is 4.09. The van der Waals surface area contributed by atoms with Gasteiger partial charge in [-0.1, -0.05) is 18.9 Å². The number of carbonyl (C=O) groups is 1. The number of aliphatic hydroxyl groups excluding tert-OH is 2.